The second-order valence-corrected chi connectivity index (χ2v) is 3.93. The van der Waals surface area contributed by atoms with Crippen molar-refractivity contribution in [1.82, 2.24) is 4.90 Å². The molecule has 0 unspecified atom stereocenters. The maximum absolute atomic E-state index is 11.7. The third kappa shape index (κ3) is 5.35. The highest BCUT2D eigenvalue weighted by molar-refractivity contribution is 5.94. The van der Waals surface area contributed by atoms with Crippen molar-refractivity contribution in [2.75, 3.05) is 14.1 Å². The summed E-state index contributed by atoms with van der Waals surface area (Å²) in [6.07, 6.45) is 0. The van der Waals surface area contributed by atoms with Crippen molar-refractivity contribution in [2.45, 2.75) is 48.5 Å². The molecule has 0 radical (unpaired) electrons. The topological polar surface area (TPSA) is 20.3 Å². The van der Waals surface area contributed by atoms with Gasteiger partial charge in [-0.3, -0.25) is 4.79 Å². The van der Waals surface area contributed by atoms with Gasteiger partial charge in [0.1, 0.15) is 0 Å². The average molecular weight is 251 g/mol. The molecule has 1 amide bonds. The molecule has 2 heteroatoms. The molecule has 0 aromatic heterocycles. The quantitative estimate of drug-likeness (QED) is 0.726. The van der Waals surface area contributed by atoms with Crippen molar-refractivity contribution in [2.24, 2.45) is 0 Å². The molecule has 1 aromatic rings. The van der Waals surface area contributed by atoms with Crippen LogP contribution in [0.25, 0.3) is 0 Å². The van der Waals surface area contributed by atoms with Gasteiger partial charge in [0, 0.05) is 19.7 Å². The zero-order valence-electron chi connectivity index (χ0n) is 13.5. The van der Waals surface area contributed by atoms with Gasteiger partial charge in [0.15, 0.2) is 0 Å². The Balaban J connectivity index is 0. The molecule has 0 saturated carbocycles. The van der Waals surface area contributed by atoms with E-state index in [1.807, 2.05) is 53.7 Å². The van der Waals surface area contributed by atoms with Crippen molar-refractivity contribution in [3.05, 3.63) is 34.4 Å². The molecular weight excluding hydrogens is 222 g/mol. The van der Waals surface area contributed by atoms with Crippen LogP contribution < -0.4 is 0 Å². The first-order chi connectivity index (χ1) is 8.43. The predicted molar refractivity (Wildman–Crippen MR) is 81.4 cm³/mol. The van der Waals surface area contributed by atoms with Crippen LogP contribution in [0.1, 0.15) is 54.7 Å². The zero-order valence-corrected chi connectivity index (χ0v) is 13.5. The van der Waals surface area contributed by atoms with Crippen molar-refractivity contribution < 1.29 is 4.79 Å². The van der Waals surface area contributed by atoms with Gasteiger partial charge in [-0.15, -0.1) is 0 Å². The van der Waals surface area contributed by atoms with E-state index in [1.165, 1.54) is 16.7 Å². The van der Waals surface area contributed by atoms with E-state index in [0.717, 1.165) is 5.56 Å². The van der Waals surface area contributed by atoms with E-state index in [2.05, 4.69) is 6.92 Å². The first kappa shape index (κ1) is 19.0. The van der Waals surface area contributed by atoms with Crippen LogP contribution >= 0.6 is 0 Å². The lowest BCUT2D eigenvalue weighted by Gasteiger charge is -2.13. The van der Waals surface area contributed by atoms with E-state index in [9.17, 15) is 4.79 Å². The van der Waals surface area contributed by atoms with E-state index in [0.29, 0.717) is 0 Å². The van der Waals surface area contributed by atoms with Gasteiger partial charge in [0.25, 0.3) is 5.91 Å². The third-order valence-electron chi connectivity index (χ3n) is 2.58. The maximum atomic E-state index is 11.7. The minimum atomic E-state index is 0.0659. The van der Waals surface area contributed by atoms with Crippen LogP contribution in [0.15, 0.2) is 12.1 Å². The third-order valence-corrected chi connectivity index (χ3v) is 2.58. The van der Waals surface area contributed by atoms with Gasteiger partial charge in [-0.1, -0.05) is 27.7 Å². The molecule has 0 aliphatic heterocycles. The van der Waals surface area contributed by atoms with Crippen LogP contribution in [0.3, 0.4) is 0 Å². The highest BCUT2D eigenvalue weighted by Gasteiger charge is 2.09. The van der Waals surface area contributed by atoms with Gasteiger partial charge in [-0.2, -0.15) is 0 Å². The summed E-state index contributed by atoms with van der Waals surface area (Å²) in [6, 6.07) is 3.90. The molecule has 0 saturated heterocycles. The Bertz CT molecular complexity index is 344. The molecular formula is C16H29NO. The van der Waals surface area contributed by atoms with E-state index in [-0.39, 0.29) is 5.91 Å². The summed E-state index contributed by atoms with van der Waals surface area (Å²) in [5.41, 5.74) is 4.39. The second kappa shape index (κ2) is 9.69. The molecule has 1 rings (SSSR count). The number of amides is 1. The molecule has 0 bridgehead atoms. The standard InChI is InChI=1S/C12H17NO.2C2H6/c1-8-6-11(12(14)13(4)5)7-9(2)10(8)3;2*1-2/h6-7H,1-5H3;2*1-2H3. The Kier molecular flexibility index (Phi) is 10.3. The first-order valence-corrected chi connectivity index (χ1v) is 6.73. The first-order valence-electron chi connectivity index (χ1n) is 6.73. The maximum Gasteiger partial charge on any atom is 0.253 e. The Morgan fingerprint density at radius 2 is 1.22 bits per heavy atom. The lowest BCUT2D eigenvalue weighted by atomic mass is 10.0. The fourth-order valence-corrected chi connectivity index (χ4v) is 1.42. The van der Waals surface area contributed by atoms with Crippen molar-refractivity contribution in [1.29, 1.82) is 0 Å². The monoisotopic (exact) mass is 251 g/mol. The number of benzene rings is 1. The van der Waals surface area contributed by atoms with E-state index >= 15 is 0 Å². The highest BCUT2D eigenvalue weighted by atomic mass is 16.2. The van der Waals surface area contributed by atoms with Gasteiger partial charge >= 0.3 is 0 Å². The fraction of sp³-hybridized carbons (Fsp3) is 0.562. The molecule has 2 nitrogen and oxygen atoms in total. The Morgan fingerprint density at radius 3 is 1.50 bits per heavy atom. The molecule has 0 fully saturated rings. The van der Waals surface area contributed by atoms with Crippen LogP contribution in [0.4, 0.5) is 0 Å². The molecule has 18 heavy (non-hydrogen) atoms. The summed E-state index contributed by atoms with van der Waals surface area (Å²) < 4.78 is 0. The summed E-state index contributed by atoms with van der Waals surface area (Å²) in [6.45, 7) is 14.2. The molecule has 0 aliphatic rings. The SMILES string of the molecule is CC.CC.Cc1cc(C(=O)N(C)C)cc(C)c1C. The summed E-state index contributed by atoms with van der Waals surface area (Å²) in [5.74, 6) is 0.0659. The van der Waals surface area contributed by atoms with Crippen LogP contribution in [0.2, 0.25) is 0 Å². The highest BCUT2D eigenvalue weighted by Crippen LogP contribution is 2.16. The van der Waals surface area contributed by atoms with Gasteiger partial charge in [-0.25, -0.2) is 0 Å². The minimum Gasteiger partial charge on any atom is -0.345 e. The summed E-state index contributed by atoms with van der Waals surface area (Å²) >= 11 is 0. The van der Waals surface area contributed by atoms with Crippen molar-refractivity contribution >= 4 is 5.91 Å². The number of nitrogens with zero attached hydrogens (tertiary/aromatic N) is 1. The van der Waals surface area contributed by atoms with Crippen molar-refractivity contribution in [3.8, 4) is 0 Å². The van der Waals surface area contributed by atoms with Crippen LogP contribution in [-0.4, -0.2) is 24.9 Å². The van der Waals surface area contributed by atoms with E-state index in [4.69, 9.17) is 0 Å². The van der Waals surface area contributed by atoms with Gasteiger partial charge in [-0.05, 0) is 49.6 Å². The second-order valence-electron chi connectivity index (χ2n) is 3.93. The van der Waals surface area contributed by atoms with Gasteiger partial charge < -0.3 is 4.90 Å². The summed E-state index contributed by atoms with van der Waals surface area (Å²) in [7, 11) is 3.54. The Morgan fingerprint density at radius 1 is 0.889 bits per heavy atom. The summed E-state index contributed by atoms with van der Waals surface area (Å²) in [4.78, 5) is 13.3. The van der Waals surface area contributed by atoms with Crippen LogP contribution in [-0.2, 0) is 0 Å². The normalized spacial score (nSPS) is 8.50. The molecule has 0 heterocycles. The minimum absolute atomic E-state index is 0.0659. The molecule has 0 spiro atoms. The molecule has 104 valence electrons. The number of hydrogen-bond acceptors (Lipinski definition) is 1. The van der Waals surface area contributed by atoms with Gasteiger partial charge in [0.05, 0.1) is 0 Å². The average Bonchev–Trinajstić information content (AvgIpc) is 2.39. The van der Waals surface area contributed by atoms with Crippen LogP contribution in [0.5, 0.6) is 0 Å². The molecule has 0 N–H and O–H groups in total. The number of aryl methyl sites for hydroxylation is 2. The number of carbonyl (C=O) groups excluding carboxylic acids is 1. The largest absolute Gasteiger partial charge is 0.345 e. The number of rotatable bonds is 1. The Labute approximate surface area is 113 Å². The van der Waals surface area contributed by atoms with Crippen LogP contribution in [0, 0.1) is 20.8 Å². The molecule has 1 aromatic carbocycles. The van der Waals surface area contributed by atoms with E-state index in [1.54, 1.807) is 19.0 Å². The lowest BCUT2D eigenvalue weighted by molar-refractivity contribution is 0.0827. The van der Waals surface area contributed by atoms with Gasteiger partial charge in [0.2, 0.25) is 0 Å². The van der Waals surface area contributed by atoms with Crippen molar-refractivity contribution in [3.63, 3.8) is 0 Å². The Hall–Kier alpha value is -1.31. The molecule has 0 atom stereocenters. The zero-order chi connectivity index (χ0) is 14.9. The number of carbonyl (C=O) groups is 1. The lowest BCUT2D eigenvalue weighted by Crippen LogP contribution is -2.21. The molecule has 0 aliphatic carbocycles. The fourth-order valence-electron chi connectivity index (χ4n) is 1.42. The smallest absolute Gasteiger partial charge is 0.253 e. The predicted octanol–water partition coefficient (Wildman–Crippen LogP) is 4.37. The number of hydrogen-bond donors (Lipinski definition) is 0. The summed E-state index contributed by atoms with van der Waals surface area (Å²) in [5, 5.41) is 0. The van der Waals surface area contributed by atoms with E-state index < -0.39 is 0 Å².